The molecule has 25 heavy (non-hydrogen) atoms. The fourth-order valence-electron chi connectivity index (χ4n) is 2.96. The summed E-state index contributed by atoms with van der Waals surface area (Å²) in [6.45, 7) is 2.22. The van der Waals surface area contributed by atoms with Gasteiger partial charge in [0.25, 0.3) is 15.9 Å². The highest BCUT2D eigenvalue weighted by molar-refractivity contribution is 7.89. The van der Waals surface area contributed by atoms with E-state index in [-0.39, 0.29) is 12.3 Å². The molecule has 0 unspecified atom stereocenters. The van der Waals surface area contributed by atoms with Gasteiger partial charge in [-0.2, -0.15) is 0 Å². The first-order valence-electron chi connectivity index (χ1n) is 7.51. The topological polar surface area (TPSA) is 137 Å². The van der Waals surface area contributed by atoms with Crippen molar-refractivity contribution in [2.75, 3.05) is 6.54 Å². The summed E-state index contributed by atoms with van der Waals surface area (Å²) in [5.41, 5.74) is 7.89. The Balaban J connectivity index is 1.90. The lowest BCUT2D eigenvalue weighted by molar-refractivity contribution is 0.0695. The second-order valence-corrected chi connectivity index (χ2v) is 7.40. The summed E-state index contributed by atoms with van der Waals surface area (Å²) in [5.74, 6) is -0.989. The quantitative estimate of drug-likeness (QED) is 0.819. The predicted molar refractivity (Wildman–Crippen MR) is 88.2 cm³/mol. The Morgan fingerprint density at radius 1 is 1.28 bits per heavy atom. The van der Waals surface area contributed by atoms with Crippen LogP contribution in [0.15, 0.2) is 33.8 Å². The molecule has 9 heteroatoms. The molecule has 1 aliphatic heterocycles. The van der Waals surface area contributed by atoms with Crippen LogP contribution in [0.5, 0.6) is 0 Å². The number of carbonyl (C=O) groups is 2. The summed E-state index contributed by atoms with van der Waals surface area (Å²) in [5, 5.41) is 4.59. The first kappa shape index (κ1) is 17.2. The standard InChI is InChI=1S/C16H17N3O5S/c1-9-7-13(25(18,22)23)24-14(9)16(21)19-6-5-11-10(8-19)3-2-4-12(11)15(17)20/h2-4,7H,5-6,8H2,1H3,(H2,17,20)(H2,18,22,23). The summed E-state index contributed by atoms with van der Waals surface area (Å²) in [4.78, 5) is 25.7. The van der Waals surface area contributed by atoms with Gasteiger partial charge >= 0.3 is 0 Å². The van der Waals surface area contributed by atoms with Gasteiger partial charge in [0.05, 0.1) is 0 Å². The van der Waals surface area contributed by atoms with E-state index in [1.807, 2.05) is 6.07 Å². The van der Waals surface area contributed by atoms with Gasteiger partial charge in [-0.1, -0.05) is 12.1 Å². The Hall–Kier alpha value is -2.65. The van der Waals surface area contributed by atoms with Gasteiger partial charge in [0, 0.05) is 30.3 Å². The van der Waals surface area contributed by atoms with Crippen molar-refractivity contribution in [3.8, 4) is 0 Å². The molecule has 132 valence electrons. The number of primary amides is 1. The molecule has 4 N–H and O–H groups in total. The van der Waals surface area contributed by atoms with Gasteiger partial charge < -0.3 is 15.1 Å². The highest BCUT2D eigenvalue weighted by atomic mass is 32.2. The molecule has 0 atom stereocenters. The Kier molecular flexibility index (Phi) is 4.13. The number of primary sulfonamides is 1. The van der Waals surface area contributed by atoms with Gasteiger partial charge in [0.2, 0.25) is 11.0 Å². The van der Waals surface area contributed by atoms with E-state index >= 15 is 0 Å². The number of nitrogens with two attached hydrogens (primary N) is 2. The fourth-order valence-corrected chi connectivity index (χ4v) is 3.50. The van der Waals surface area contributed by atoms with Crippen LogP contribution in [0.2, 0.25) is 0 Å². The Morgan fingerprint density at radius 2 is 2.00 bits per heavy atom. The summed E-state index contributed by atoms with van der Waals surface area (Å²) in [6.07, 6.45) is 0.474. The van der Waals surface area contributed by atoms with E-state index in [1.54, 1.807) is 19.1 Å². The van der Waals surface area contributed by atoms with E-state index < -0.39 is 26.9 Å². The maximum atomic E-state index is 12.7. The Labute approximate surface area is 144 Å². The monoisotopic (exact) mass is 363 g/mol. The molecule has 0 radical (unpaired) electrons. The highest BCUT2D eigenvalue weighted by Gasteiger charge is 2.28. The van der Waals surface area contributed by atoms with Crippen LogP contribution in [-0.4, -0.2) is 31.7 Å². The largest absolute Gasteiger partial charge is 0.438 e. The number of benzene rings is 1. The third-order valence-corrected chi connectivity index (χ3v) is 4.95. The zero-order valence-corrected chi connectivity index (χ0v) is 14.3. The third kappa shape index (κ3) is 3.15. The van der Waals surface area contributed by atoms with E-state index in [2.05, 4.69) is 0 Å². The van der Waals surface area contributed by atoms with Crippen LogP contribution in [0.1, 0.15) is 37.6 Å². The second kappa shape index (κ2) is 6.01. The summed E-state index contributed by atoms with van der Waals surface area (Å²) in [7, 11) is -4.02. The maximum Gasteiger partial charge on any atom is 0.290 e. The molecule has 0 aliphatic carbocycles. The fraction of sp³-hybridized carbons (Fsp3) is 0.250. The van der Waals surface area contributed by atoms with Gasteiger partial charge in [0.15, 0.2) is 5.76 Å². The van der Waals surface area contributed by atoms with E-state index in [1.165, 1.54) is 11.0 Å². The van der Waals surface area contributed by atoms with Crippen molar-refractivity contribution < 1.29 is 22.4 Å². The number of furan rings is 1. The van der Waals surface area contributed by atoms with Gasteiger partial charge in [-0.05, 0) is 30.5 Å². The molecule has 1 aliphatic rings. The lowest BCUT2D eigenvalue weighted by Crippen LogP contribution is -2.37. The van der Waals surface area contributed by atoms with Crippen molar-refractivity contribution in [3.05, 3.63) is 52.3 Å². The normalized spacial score (nSPS) is 14.2. The van der Waals surface area contributed by atoms with Gasteiger partial charge in [-0.15, -0.1) is 0 Å². The number of hydrogen-bond donors (Lipinski definition) is 2. The number of nitrogens with zero attached hydrogens (tertiary/aromatic N) is 1. The van der Waals surface area contributed by atoms with Crippen LogP contribution in [0.4, 0.5) is 0 Å². The Morgan fingerprint density at radius 3 is 2.60 bits per heavy atom. The number of fused-ring (bicyclic) bond motifs is 1. The van der Waals surface area contributed by atoms with E-state index in [0.717, 1.165) is 11.1 Å². The maximum absolute atomic E-state index is 12.7. The minimum atomic E-state index is -4.02. The first-order valence-corrected chi connectivity index (χ1v) is 9.06. The number of sulfonamides is 1. The van der Waals surface area contributed by atoms with Crippen molar-refractivity contribution in [3.63, 3.8) is 0 Å². The molecule has 2 amide bonds. The van der Waals surface area contributed by atoms with Crippen molar-refractivity contribution in [2.45, 2.75) is 25.0 Å². The molecular weight excluding hydrogens is 346 g/mol. The Bertz CT molecular complexity index is 978. The van der Waals surface area contributed by atoms with Crippen LogP contribution in [0.3, 0.4) is 0 Å². The van der Waals surface area contributed by atoms with Crippen molar-refractivity contribution in [1.29, 1.82) is 0 Å². The average molecular weight is 363 g/mol. The lowest BCUT2D eigenvalue weighted by Gasteiger charge is -2.29. The molecule has 1 aromatic heterocycles. The lowest BCUT2D eigenvalue weighted by atomic mass is 9.94. The van der Waals surface area contributed by atoms with Gasteiger partial charge in [-0.25, -0.2) is 13.6 Å². The van der Waals surface area contributed by atoms with E-state index in [4.69, 9.17) is 15.3 Å². The third-order valence-electron chi connectivity index (χ3n) is 4.19. The molecule has 1 aromatic carbocycles. The molecular formula is C16H17N3O5S. The molecule has 0 fully saturated rings. The molecule has 2 aromatic rings. The van der Waals surface area contributed by atoms with Gasteiger partial charge in [-0.3, -0.25) is 9.59 Å². The zero-order valence-electron chi connectivity index (χ0n) is 13.5. The highest BCUT2D eigenvalue weighted by Crippen LogP contribution is 2.26. The van der Waals surface area contributed by atoms with E-state index in [9.17, 15) is 18.0 Å². The van der Waals surface area contributed by atoms with Crippen molar-refractivity contribution >= 4 is 21.8 Å². The number of hydrogen-bond acceptors (Lipinski definition) is 5. The first-order chi connectivity index (χ1) is 11.7. The minimum Gasteiger partial charge on any atom is -0.438 e. The minimum absolute atomic E-state index is 0.0569. The van der Waals surface area contributed by atoms with Crippen LogP contribution < -0.4 is 10.9 Å². The number of amides is 2. The molecule has 3 rings (SSSR count). The molecule has 0 spiro atoms. The number of carbonyl (C=O) groups excluding carboxylic acids is 2. The second-order valence-electron chi connectivity index (χ2n) is 5.91. The average Bonchev–Trinajstić information content (AvgIpc) is 2.95. The number of rotatable bonds is 3. The SMILES string of the molecule is Cc1cc(S(N)(=O)=O)oc1C(=O)N1CCc2c(cccc2C(N)=O)C1. The molecule has 8 nitrogen and oxygen atoms in total. The summed E-state index contributed by atoms with van der Waals surface area (Å²) >= 11 is 0. The van der Waals surface area contributed by atoms with Gasteiger partial charge in [0.1, 0.15) is 0 Å². The van der Waals surface area contributed by atoms with Crippen LogP contribution in [0.25, 0.3) is 0 Å². The smallest absolute Gasteiger partial charge is 0.290 e. The van der Waals surface area contributed by atoms with Crippen LogP contribution >= 0.6 is 0 Å². The van der Waals surface area contributed by atoms with Crippen molar-refractivity contribution in [1.82, 2.24) is 4.90 Å². The predicted octanol–water partition coefficient (Wildman–Crippen LogP) is 0.533. The summed E-state index contributed by atoms with van der Waals surface area (Å²) in [6, 6.07) is 6.43. The molecule has 0 saturated carbocycles. The molecule has 0 saturated heterocycles. The molecule has 0 bridgehead atoms. The number of aryl methyl sites for hydroxylation is 1. The molecule has 2 heterocycles. The summed E-state index contributed by atoms with van der Waals surface area (Å²) < 4.78 is 27.9. The van der Waals surface area contributed by atoms with Crippen LogP contribution in [-0.2, 0) is 23.0 Å². The van der Waals surface area contributed by atoms with Crippen molar-refractivity contribution in [2.24, 2.45) is 10.9 Å². The zero-order chi connectivity index (χ0) is 18.4. The van der Waals surface area contributed by atoms with E-state index in [0.29, 0.717) is 24.1 Å². The van der Waals surface area contributed by atoms with Crippen LogP contribution in [0, 0.1) is 6.92 Å².